The molecule has 31 heavy (non-hydrogen) atoms. The first-order chi connectivity index (χ1) is 15.1. The van der Waals surface area contributed by atoms with Crippen molar-refractivity contribution in [1.29, 1.82) is 0 Å². The summed E-state index contributed by atoms with van der Waals surface area (Å²) < 4.78 is 5.16. The van der Waals surface area contributed by atoms with Gasteiger partial charge in [0.25, 0.3) is 0 Å². The van der Waals surface area contributed by atoms with Gasteiger partial charge < -0.3 is 15.0 Å². The van der Waals surface area contributed by atoms with Gasteiger partial charge in [0.1, 0.15) is 11.8 Å². The Morgan fingerprint density at radius 3 is 2.77 bits per heavy atom. The van der Waals surface area contributed by atoms with Gasteiger partial charge in [-0.05, 0) is 49.1 Å². The Balaban J connectivity index is 1.28. The van der Waals surface area contributed by atoms with Crippen molar-refractivity contribution in [2.45, 2.75) is 37.9 Å². The van der Waals surface area contributed by atoms with Crippen LogP contribution in [-0.4, -0.2) is 47.9 Å². The molecule has 2 amide bonds. The van der Waals surface area contributed by atoms with Crippen LogP contribution in [0, 0.1) is 5.92 Å². The van der Waals surface area contributed by atoms with Crippen LogP contribution >= 0.6 is 0 Å². The highest BCUT2D eigenvalue weighted by Gasteiger charge is 2.36. The molecule has 0 saturated carbocycles. The predicted molar refractivity (Wildman–Crippen MR) is 116 cm³/mol. The number of benzene rings is 1. The van der Waals surface area contributed by atoms with Crippen molar-refractivity contribution in [2.24, 2.45) is 5.92 Å². The number of ether oxygens (including phenoxy) is 1. The first kappa shape index (κ1) is 21.3. The lowest BCUT2D eigenvalue weighted by Gasteiger charge is -2.33. The summed E-state index contributed by atoms with van der Waals surface area (Å²) in [5, 5.41) is 3.01. The van der Waals surface area contributed by atoms with Gasteiger partial charge in [0, 0.05) is 25.8 Å². The Kier molecular flexibility index (Phi) is 6.79. The molecule has 1 aromatic heterocycles. The van der Waals surface area contributed by atoms with E-state index in [0.29, 0.717) is 26.1 Å². The lowest BCUT2D eigenvalue weighted by Crippen LogP contribution is -2.51. The fraction of sp³-hybridized carbons (Fsp3) is 0.435. The van der Waals surface area contributed by atoms with Crippen molar-refractivity contribution in [3.63, 3.8) is 0 Å². The van der Waals surface area contributed by atoms with E-state index in [4.69, 9.17) is 4.74 Å². The molecular formula is C23H29N5O3. The Morgan fingerprint density at radius 2 is 2.03 bits per heavy atom. The molecule has 0 radical (unpaired) electrons. The van der Waals surface area contributed by atoms with E-state index in [1.165, 1.54) is 0 Å². The number of likely N-dealkylation sites (tertiary alicyclic amines) is 1. The quantitative estimate of drug-likeness (QED) is 0.653. The van der Waals surface area contributed by atoms with Crippen LogP contribution in [0.3, 0.4) is 0 Å². The normalized spacial score (nSPS) is 23.4. The Labute approximate surface area is 182 Å². The zero-order valence-corrected chi connectivity index (χ0v) is 17.7. The number of piperidine rings is 1. The average Bonchev–Trinajstić information content (AvgIpc) is 3.33. The van der Waals surface area contributed by atoms with E-state index in [9.17, 15) is 9.59 Å². The summed E-state index contributed by atoms with van der Waals surface area (Å²) in [6, 6.07) is 13.1. The van der Waals surface area contributed by atoms with E-state index in [1.54, 1.807) is 13.3 Å². The second-order valence-corrected chi connectivity index (χ2v) is 8.07. The maximum Gasteiger partial charge on any atom is 0.241 e. The summed E-state index contributed by atoms with van der Waals surface area (Å²) in [6.45, 7) is 1.61. The highest BCUT2D eigenvalue weighted by Crippen LogP contribution is 2.24. The van der Waals surface area contributed by atoms with E-state index >= 15 is 0 Å². The van der Waals surface area contributed by atoms with Crippen LogP contribution in [-0.2, 0) is 16.1 Å². The van der Waals surface area contributed by atoms with Gasteiger partial charge in [-0.25, -0.2) is 10.9 Å². The summed E-state index contributed by atoms with van der Waals surface area (Å²) >= 11 is 0. The molecule has 8 nitrogen and oxygen atoms in total. The molecule has 2 aliphatic heterocycles. The van der Waals surface area contributed by atoms with Crippen molar-refractivity contribution in [3.05, 3.63) is 59.9 Å². The van der Waals surface area contributed by atoms with Gasteiger partial charge in [0.2, 0.25) is 11.8 Å². The first-order valence-corrected chi connectivity index (χ1v) is 10.8. The number of nitrogens with zero attached hydrogens (tertiary/aromatic N) is 2. The number of hydrogen-bond donors (Lipinski definition) is 3. The van der Waals surface area contributed by atoms with Crippen LogP contribution in [0.5, 0.6) is 5.75 Å². The molecule has 0 aliphatic carbocycles. The van der Waals surface area contributed by atoms with E-state index in [0.717, 1.165) is 29.8 Å². The molecule has 8 heteroatoms. The van der Waals surface area contributed by atoms with Gasteiger partial charge in [0.05, 0.1) is 24.8 Å². The fourth-order valence-electron chi connectivity index (χ4n) is 4.18. The molecule has 2 saturated heterocycles. The van der Waals surface area contributed by atoms with E-state index in [-0.39, 0.29) is 29.8 Å². The van der Waals surface area contributed by atoms with E-state index < -0.39 is 0 Å². The maximum absolute atomic E-state index is 13.0. The smallest absolute Gasteiger partial charge is 0.241 e. The zero-order chi connectivity index (χ0) is 21.6. The molecule has 2 aliphatic rings. The van der Waals surface area contributed by atoms with Gasteiger partial charge in [-0.3, -0.25) is 14.6 Å². The van der Waals surface area contributed by atoms with Gasteiger partial charge in [-0.1, -0.05) is 18.2 Å². The average molecular weight is 424 g/mol. The minimum absolute atomic E-state index is 0.00261. The Hall–Kier alpha value is -2.97. The third kappa shape index (κ3) is 5.21. The van der Waals surface area contributed by atoms with Crippen molar-refractivity contribution in [3.8, 4) is 5.75 Å². The predicted octanol–water partition coefficient (Wildman–Crippen LogP) is 1.55. The minimum atomic E-state index is -0.312. The monoisotopic (exact) mass is 423 g/mol. The lowest BCUT2D eigenvalue weighted by atomic mass is 9.96. The number of hydrazine groups is 1. The number of carbonyl (C=O) groups is 2. The minimum Gasteiger partial charge on any atom is -0.497 e. The van der Waals surface area contributed by atoms with E-state index in [1.807, 2.05) is 47.4 Å². The van der Waals surface area contributed by atoms with Gasteiger partial charge in [-0.2, -0.15) is 0 Å². The summed E-state index contributed by atoms with van der Waals surface area (Å²) in [7, 11) is 1.63. The van der Waals surface area contributed by atoms with Crippen LogP contribution in [0.4, 0.5) is 0 Å². The fourth-order valence-corrected chi connectivity index (χ4v) is 4.18. The Morgan fingerprint density at radius 1 is 1.19 bits per heavy atom. The highest BCUT2D eigenvalue weighted by molar-refractivity contribution is 5.84. The maximum atomic E-state index is 13.0. The second-order valence-electron chi connectivity index (χ2n) is 8.07. The molecule has 3 N–H and O–H groups in total. The molecule has 164 valence electrons. The van der Waals surface area contributed by atoms with Crippen molar-refractivity contribution < 1.29 is 14.3 Å². The van der Waals surface area contributed by atoms with Crippen molar-refractivity contribution in [2.75, 3.05) is 20.2 Å². The molecule has 1 aromatic carbocycles. The first-order valence-electron chi connectivity index (χ1n) is 10.8. The lowest BCUT2D eigenvalue weighted by molar-refractivity contribution is -0.137. The molecule has 0 spiro atoms. The summed E-state index contributed by atoms with van der Waals surface area (Å²) in [5.74, 6) is 0.643. The van der Waals surface area contributed by atoms with Crippen LogP contribution in [0.2, 0.25) is 0 Å². The number of rotatable bonds is 6. The number of carbonyl (C=O) groups excluding carboxylic acids is 2. The molecule has 3 unspecified atom stereocenters. The molecule has 3 atom stereocenters. The third-order valence-electron chi connectivity index (χ3n) is 5.98. The summed E-state index contributed by atoms with van der Waals surface area (Å²) in [4.78, 5) is 31.9. The topological polar surface area (TPSA) is 95.6 Å². The summed E-state index contributed by atoms with van der Waals surface area (Å²) in [6.07, 6.45) is 4.02. The van der Waals surface area contributed by atoms with Gasteiger partial charge in [-0.15, -0.1) is 0 Å². The van der Waals surface area contributed by atoms with Crippen LogP contribution in [0.15, 0.2) is 48.7 Å². The molecule has 3 heterocycles. The standard InChI is InChI=1S/C23H29N5O3/c1-31-18-9-7-16(8-10-18)14-25-22(29)17-5-4-12-28(15-17)23(30)21-13-20(26-27-21)19-6-2-3-11-24-19/h2-3,6-11,17,20-21,26-27H,4-5,12-15H2,1H3,(H,25,29). The highest BCUT2D eigenvalue weighted by atomic mass is 16.5. The summed E-state index contributed by atoms with van der Waals surface area (Å²) in [5.41, 5.74) is 8.22. The second kappa shape index (κ2) is 9.89. The van der Waals surface area contributed by atoms with Gasteiger partial charge in [0.15, 0.2) is 0 Å². The molecule has 2 fully saturated rings. The SMILES string of the molecule is COc1ccc(CNC(=O)C2CCCN(C(=O)C3CC(c4ccccn4)NN3)C2)cc1. The van der Waals surface area contributed by atoms with Crippen LogP contribution in [0.25, 0.3) is 0 Å². The number of hydrogen-bond acceptors (Lipinski definition) is 6. The number of amides is 2. The van der Waals surface area contributed by atoms with Crippen LogP contribution in [0.1, 0.15) is 36.6 Å². The molecule has 0 bridgehead atoms. The number of nitrogens with one attached hydrogen (secondary N) is 3. The molecular weight excluding hydrogens is 394 g/mol. The van der Waals surface area contributed by atoms with Crippen LogP contribution < -0.4 is 20.9 Å². The Bertz CT molecular complexity index is 890. The van der Waals surface area contributed by atoms with Gasteiger partial charge >= 0.3 is 0 Å². The van der Waals surface area contributed by atoms with E-state index in [2.05, 4.69) is 21.2 Å². The largest absolute Gasteiger partial charge is 0.497 e. The number of methoxy groups -OCH3 is 1. The molecule has 4 rings (SSSR count). The molecule has 2 aromatic rings. The zero-order valence-electron chi connectivity index (χ0n) is 17.7. The van der Waals surface area contributed by atoms with Crippen molar-refractivity contribution >= 4 is 11.8 Å². The third-order valence-corrected chi connectivity index (χ3v) is 5.98. The number of pyridine rings is 1. The number of aromatic nitrogens is 1. The van der Waals surface area contributed by atoms with Crippen molar-refractivity contribution in [1.82, 2.24) is 26.1 Å².